The highest BCUT2D eigenvalue weighted by Crippen LogP contribution is 2.34. The molecule has 3 heterocycles. The number of rotatable bonds is 6. The molecule has 4 aromatic rings. The predicted octanol–water partition coefficient (Wildman–Crippen LogP) is 5.26. The first-order chi connectivity index (χ1) is 14.7. The monoisotopic (exact) mass is 403 g/mol. The van der Waals surface area contributed by atoms with Crippen LogP contribution >= 0.6 is 0 Å². The van der Waals surface area contributed by atoms with Gasteiger partial charge in [0, 0.05) is 40.3 Å². The molecule has 5 rings (SSSR count). The van der Waals surface area contributed by atoms with E-state index in [9.17, 15) is 10.2 Å². The summed E-state index contributed by atoms with van der Waals surface area (Å²) in [7, 11) is 0. The van der Waals surface area contributed by atoms with Crippen LogP contribution in [0.5, 0.6) is 11.5 Å². The van der Waals surface area contributed by atoms with E-state index in [4.69, 9.17) is 0 Å². The maximum atomic E-state index is 9.84. The molecule has 1 aliphatic heterocycles. The lowest BCUT2D eigenvalue weighted by atomic mass is 9.89. The minimum absolute atomic E-state index is 0.309. The van der Waals surface area contributed by atoms with Crippen molar-refractivity contribution in [1.29, 1.82) is 0 Å². The van der Waals surface area contributed by atoms with Crippen molar-refractivity contribution in [2.24, 2.45) is 0 Å². The van der Waals surface area contributed by atoms with Gasteiger partial charge >= 0.3 is 0 Å². The highest BCUT2D eigenvalue weighted by Gasteiger charge is 2.22. The molecule has 0 aliphatic carbocycles. The van der Waals surface area contributed by atoms with Gasteiger partial charge in [0.25, 0.3) is 0 Å². The zero-order valence-electron chi connectivity index (χ0n) is 17.2. The van der Waals surface area contributed by atoms with Crippen LogP contribution in [0.3, 0.4) is 0 Å². The van der Waals surface area contributed by atoms with Crippen LogP contribution < -0.4 is 0 Å². The summed E-state index contributed by atoms with van der Waals surface area (Å²) in [5.74, 6) is 1.22. The third-order valence-electron chi connectivity index (χ3n) is 6.65. The molecule has 156 valence electrons. The Kier molecular flexibility index (Phi) is 5.13. The Hall–Kier alpha value is -2.92. The second-order valence-electron chi connectivity index (χ2n) is 8.59. The van der Waals surface area contributed by atoms with Gasteiger partial charge in [0.05, 0.1) is 0 Å². The second-order valence-corrected chi connectivity index (χ2v) is 8.59. The first kappa shape index (κ1) is 19.1. The normalized spacial score (nSPS) is 16.0. The molecule has 0 bridgehead atoms. The van der Waals surface area contributed by atoms with E-state index < -0.39 is 0 Å². The van der Waals surface area contributed by atoms with Crippen molar-refractivity contribution >= 4 is 21.8 Å². The molecule has 0 unspecified atom stereocenters. The van der Waals surface area contributed by atoms with Gasteiger partial charge < -0.3 is 25.1 Å². The smallest absolute Gasteiger partial charge is 0.117 e. The molecule has 4 N–H and O–H groups in total. The van der Waals surface area contributed by atoms with Crippen LogP contribution in [0.1, 0.15) is 42.7 Å². The number of likely N-dealkylation sites (tertiary alicyclic amines) is 1. The second kappa shape index (κ2) is 8.07. The number of fused-ring (bicyclic) bond motifs is 2. The van der Waals surface area contributed by atoms with Gasteiger partial charge in [0.15, 0.2) is 0 Å². The number of aryl methyl sites for hydroxylation is 1. The summed E-state index contributed by atoms with van der Waals surface area (Å²) in [6.07, 6.45) is 10.0. The lowest BCUT2D eigenvalue weighted by Gasteiger charge is -2.32. The van der Waals surface area contributed by atoms with Gasteiger partial charge in [-0.2, -0.15) is 0 Å². The van der Waals surface area contributed by atoms with Crippen molar-refractivity contribution in [1.82, 2.24) is 14.9 Å². The highest BCUT2D eigenvalue weighted by atomic mass is 16.3. The molecule has 1 saturated heterocycles. The van der Waals surface area contributed by atoms with Crippen molar-refractivity contribution in [2.45, 2.75) is 38.0 Å². The molecule has 2 aromatic heterocycles. The van der Waals surface area contributed by atoms with E-state index in [2.05, 4.69) is 27.3 Å². The van der Waals surface area contributed by atoms with Crippen molar-refractivity contribution in [3.05, 3.63) is 59.9 Å². The Balaban J connectivity index is 1.11. The first-order valence-corrected chi connectivity index (χ1v) is 11.0. The van der Waals surface area contributed by atoms with Gasteiger partial charge in [0.2, 0.25) is 0 Å². The van der Waals surface area contributed by atoms with Crippen molar-refractivity contribution in [3.63, 3.8) is 0 Å². The first-order valence-electron chi connectivity index (χ1n) is 11.0. The van der Waals surface area contributed by atoms with Gasteiger partial charge in [-0.25, -0.2) is 0 Å². The molecular weight excluding hydrogens is 374 g/mol. The zero-order chi connectivity index (χ0) is 20.5. The number of hydrogen-bond acceptors (Lipinski definition) is 3. The van der Waals surface area contributed by atoms with Gasteiger partial charge in [0.1, 0.15) is 11.5 Å². The summed E-state index contributed by atoms with van der Waals surface area (Å²) in [4.78, 5) is 9.21. The minimum Gasteiger partial charge on any atom is -0.508 e. The molecule has 0 radical (unpaired) electrons. The molecule has 1 aliphatic rings. The number of aromatic amines is 2. The lowest BCUT2D eigenvalue weighted by molar-refractivity contribution is 0.209. The summed E-state index contributed by atoms with van der Waals surface area (Å²) >= 11 is 0. The number of benzene rings is 2. The number of nitrogens with one attached hydrogen (secondary N) is 2. The summed E-state index contributed by atoms with van der Waals surface area (Å²) in [5, 5.41) is 21.8. The Labute approximate surface area is 176 Å². The number of aromatic hydroxyl groups is 2. The van der Waals surface area contributed by atoms with E-state index >= 15 is 0 Å². The van der Waals surface area contributed by atoms with E-state index in [1.807, 2.05) is 18.2 Å². The summed E-state index contributed by atoms with van der Waals surface area (Å²) in [6, 6.07) is 11.1. The van der Waals surface area contributed by atoms with Gasteiger partial charge in [-0.3, -0.25) is 0 Å². The number of phenols is 2. The molecule has 5 nitrogen and oxygen atoms in total. The average molecular weight is 404 g/mol. The van der Waals surface area contributed by atoms with Crippen LogP contribution in [0.15, 0.2) is 48.8 Å². The molecule has 0 spiro atoms. The standard InChI is InChI=1S/C25H29N3O2/c29-19-5-7-24-22(13-19)23(16-27-24)17-8-11-28(12-9-17)10-2-1-3-18-15-26-25-14-20(30)4-6-21(18)25/h4-7,13-17,26-27,29-30H,1-3,8-12H2. The molecule has 0 saturated carbocycles. The summed E-state index contributed by atoms with van der Waals surface area (Å²) in [5.41, 5.74) is 4.81. The van der Waals surface area contributed by atoms with Crippen LogP contribution in [0.25, 0.3) is 21.8 Å². The Morgan fingerprint density at radius 2 is 1.60 bits per heavy atom. The van der Waals surface area contributed by atoms with E-state index in [1.54, 1.807) is 18.2 Å². The van der Waals surface area contributed by atoms with Crippen LogP contribution in [-0.4, -0.2) is 44.7 Å². The van der Waals surface area contributed by atoms with Crippen molar-refractivity contribution in [3.8, 4) is 11.5 Å². The zero-order valence-corrected chi connectivity index (χ0v) is 17.2. The van der Waals surface area contributed by atoms with E-state index in [1.165, 1.54) is 47.6 Å². The number of phenolic OH excluding ortho intramolecular Hbond substituents is 2. The Morgan fingerprint density at radius 3 is 2.47 bits per heavy atom. The van der Waals surface area contributed by atoms with E-state index in [-0.39, 0.29) is 0 Å². The molecule has 0 atom stereocenters. The van der Waals surface area contributed by atoms with Crippen LogP contribution in [-0.2, 0) is 6.42 Å². The Bertz CT molecular complexity index is 1150. The third-order valence-corrected chi connectivity index (χ3v) is 6.65. The molecule has 5 heteroatoms. The lowest BCUT2D eigenvalue weighted by Crippen LogP contribution is -2.33. The largest absolute Gasteiger partial charge is 0.508 e. The molecule has 2 aromatic carbocycles. The molecule has 30 heavy (non-hydrogen) atoms. The minimum atomic E-state index is 0.309. The number of H-pyrrole nitrogens is 2. The number of hydrogen-bond donors (Lipinski definition) is 4. The number of aromatic nitrogens is 2. The SMILES string of the molecule is Oc1ccc2c(CCCCN3CCC(c4c[nH]c5ccc(O)cc45)CC3)c[nH]c2c1. The van der Waals surface area contributed by atoms with Gasteiger partial charge in [-0.15, -0.1) is 0 Å². The topological polar surface area (TPSA) is 75.3 Å². The molecule has 0 amide bonds. The fraction of sp³-hybridized carbons (Fsp3) is 0.360. The van der Waals surface area contributed by atoms with E-state index in [0.29, 0.717) is 17.4 Å². The van der Waals surface area contributed by atoms with E-state index in [0.717, 1.165) is 37.1 Å². The van der Waals surface area contributed by atoms with Gasteiger partial charge in [-0.1, -0.05) is 0 Å². The van der Waals surface area contributed by atoms with Gasteiger partial charge in [-0.05, 0) is 99.1 Å². The number of nitrogens with zero attached hydrogens (tertiary/aromatic N) is 1. The van der Waals surface area contributed by atoms with Crippen molar-refractivity contribution in [2.75, 3.05) is 19.6 Å². The van der Waals surface area contributed by atoms with Crippen LogP contribution in [0.2, 0.25) is 0 Å². The summed E-state index contributed by atoms with van der Waals surface area (Å²) in [6.45, 7) is 3.44. The predicted molar refractivity (Wildman–Crippen MR) is 121 cm³/mol. The summed E-state index contributed by atoms with van der Waals surface area (Å²) < 4.78 is 0. The quantitative estimate of drug-likeness (QED) is 0.332. The maximum Gasteiger partial charge on any atom is 0.117 e. The fourth-order valence-electron chi connectivity index (χ4n) is 4.97. The number of piperidine rings is 1. The maximum absolute atomic E-state index is 9.84. The molecular formula is C25H29N3O2. The van der Waals surface area contributed by atoms with Crippen LogP contribution in [0.4, 0.5) is 0 Å². The van der Waals surface area contributed by atoms with Crippen molar-refractivity contribution < 1.29 is 10.2 Å². The van der Waals surface area contributed by atoms with Crippen LogP contribution in [0, 0.1) is 0 Å². The average Bonchev–Trinajstić information content (AvgIpc) is 3.35. The fourth-order valence-corrected chi connectivity index (χ4v) is 4.97. The third kappa shape index (κ3) is 3.77. The number of unbranched alkanes of at least 4 members (excludes halogenated alkanes) is 1. The molecule has 1 fully saturated rings. The highest BCUT2D eigenvalue weighted by molar-refractivity contribution is 5.85. The Morgan fingerprint density at radius 1 is 0.833 bits per heavy atom.